The molecule has 6 heteroatoms. The Morgan fingerprint density at radius 1 is 1.47 bits per heavy atom. The lowest BCUT2D eigenvalue weighted by molar-refractivity contribution is -0.152. The number of carbonyl (C=O) groups is 1. The lowest BCUT2D eigenvalue weighted by Crippen LogP contribution is -2.28. The zero-order valence-electron chi connectivity index (χ0n) is 11.0. The fraction of sp³-hybridized carbons (Fsp3) is 0.385. The molecule has 0 aliphatic heterocycles. The molecule has 0 fully saturated rings. The first-order valence-electron chi connectivity index (χ1n) is 5.71. The largest absolute Gasteiger partial charge is 0.459 e. The number of ether oxygens (including phenoxy) is 1. The van der Waals surface area contributed by atoms with Gasteiger partial charge in [0.2, 0.25) is 0 Å². The summed E-state index contributed by atoms with van der Waals surface area (Å²) in [6.45, 7) is 5.58. The van der Waals surface area contributed by atoms with Crippen molar-refractivity contribution in [3.63, 3.8) is 0 Å². The van der Waals surface area contributed by atoms with Crippen LogP contribution in [0.15, 0.2) is 21.7 Å². The molecule has 0 aliphatic rings. The van der Waals surface area contributed by atoms with Crippen molar-refractivity contribution in [2.45, 2.75) is 26.4 Å². The van der Waals surface area contributed by atoms with Gasteiger partial charge in [0.15, 0.2) is 0 Å². The predicted octanol–water partition coefficient (Wildman–Crippen LogP) is 3.92. The van der Waals surface area contributed by atoms with Gasteiger partial charge in [-0.25, -0.2) is 4.98 Å². The van der Waals surface area contributed by atoms with Gasteiger partial charge in [-0.3, -0.25) is 4.79 Å². The number of hydrogen-bond acceptors (Lipinski definition) is 4. The molecule has 1 heterocycles. The summed E-state index contributed by atoms with van der Waals surface area (Å²) < 4.78 is 6.02. The van der Waals surface area contributed by atoms with Gasteiger partial charge in [-0.1, -0.05) is 0 Å². The summed E-state index contributed by atoms with van der Waals surface area (Å²) in [5.74, 6) is 0.316. The Morgan fingerprint density at radius 2 is 2.16 bits per heavy atom. The van der Waals surface area contributed by atoms with Crippen LogP contribution in [0.5, 0.6) is 0 Å². The molecule has 0 unspecified atom stereocenters. The summed E-state index contributed by atoms with van der Waals surface area (Å²) in [4.78, 5) is 15.8. The minimum absolute atomic E-state index is 0.0784. The standard InChI is InChI=1S/C13H16Br2N2O2/c1-13(2,3)19-11(18)8-17-12-9(7-10(14)15)5-4-6-16-12/h4-7H,8H2,1-3H3,(H,16,17). The minimum Gasteiger partial charge on any atom is -0.459 e. The Balaban J connectivity index is 2.68. The number of carbonyl (C=O) groups excluding carboxylic acids is 1. The maximum absolute atomic E-state index is 11.6. The van der Waals surface area contributed by atoms with Crippen molar-refractivity contribution in [3.8, 4) is 0 Å². The molecule has 0 atom stereocenters. The molecule has 1 rings (SSSR count). The second-order valence-corrected chi connectivity index (χ2v) is 7.59. The topological polar surface area (TPSA) is 51.2 Å². The van der Waals surface area contributed by atoms with Crippen LogP contribution in [0.4, 0.5) is 5.82 Å². The van der Waals surface area contributed by atoms with E-state index in [2.05, 4.69) is 42.2 Å². The molecule has 0 saturated heterocycles. The number of pyridine rings is 1. The van der Waals surface area contributed by atoms with Gasteiger partial charge in [-0.2, -0.15) is 0 Å². The second kappa shape index (κ2) is 7.05. The van der Waals surface area contributed by atoms with Gasteiger partial charge >= 0.3 is 5.97 Å². The van der Waals surface area contributed by atoms with Gasteiger partial charge in [-0.05, 0) is 70.8 Å². The molecule has 1 aromatic rings. The van der Waals surface area contributed by atoms with E-state index in [1.54, 1.807) is 6.20 Å². The van der Waals surface area contributed by atoms with Gasteiger partial charge < -0.3 is 10.1 Å². The van der Waals surface area contributed by atoms with Gasteiger partial charge in [0.1, 0.15) is 18.0 Å². The Kier molecular flexibility index (Phi) is 6.00. The first kappa shape index (κ1) is 16.2. The van der Waals surface area contributed by atoms with Crippen molar-refractivity contribution in [2.24, 2.45) is 0 Å². The Morgan fingerprint density at radius 3 is 2.74 bits per heavy atom. The molecule has 0 aliphatic carbocycles. The molecule has 104 valence electrons. The van der Waals surface area contributed by atoms with E-state index in [1.807, 2.05) is 39.0 Å². The smallest absolute Gasteiger partial charge is 0.325 e. The molecule has 19 heavy (non-hydrogen) atoms. The predicted molar refractivity (Wildman–Crippen MR) is 84.4 cm³/mol. The quantitative estimate of drug-likeness (QED) is 0.790. The van der Waals surface area contributed by atoms with E-state index in [9.17, 15) is 4.79 Å². The van der Waals surface area contributed by atoms with Crippen LogP contribution in [0.3, 0.4) is 0 Å². The number of nitrogens with zero attached hydrogens (tertiary/aromatic N) is 1. The molecule has 0 saturated carbocycles. The van der Waals surface area contributed by atoms with E-state index in [0.717, 1.165) is 8.96 Å². The summed E-state index contributed by atoms with van der Waals surface area (Å²) in [7, 11) is 0. The lowest BCUT2D eigenvalue weighted by Gasteiger charge is -2.19. The highest BCUT2D eigenvalue weighted by Crippen LogP contribution is 2.21. The third-order valence-electron chi connectivity index (χ3n) is 1.92. The van der Waals surface area contributed by atoms with E-state index in [1.165, 1.54) is 0 Å². The fourth-order valence-electron chi connectivity index (χ4n) is 1.33. The van der Waals surface area contributed by atoms with E-state index in [0.29, 0.717) is 5.82 Å². The highest BCUT2D eigenvalue weighted by Gasteiger charge is 2.16. The first-order valence-corrected chi connectivity index (χ1v) is 7.30. The maximum Gasteiger partial charge on any atom is 0.325 e. The normalized spacial score (nSPS) is 10.8. The van der Waals surface area contributed by atoms with E-state index < -0.39 is 5.60 Å². The Labute approximate surface area is 129 Å². The van der Waals surface area contributed by atoms with Crippen LogP contribution in [0.25, 0.3) is 6.08 Å². The Hall–Kier alpha value is -0.880. The average Bonchev–Trinajstić information content (AvgIpc) is 2.24. The van der Waals surface area contributed by atoms with Crippen LogP contribution < -0.4 is 5.32 Å². The summed E-state index contributed by atoms with van der Waals surface area (Å²) in [5, 5.41) is 2.97. The third kappa shape index (κ3) is 6.73. The zero-order valence-corrected chi connectivity index (χ0v) is 14.2. The second-order valence-electron chi connectivity index (χ2n) is 4.82. The van der Waals surface area contributed by atoms with E-state index >= 15 is 0 Å². The van der Waals surface area contributed by atoms with Gasteiger partial charge in [0.25, 0.3) is 0 Å². The summed E-state index contributed by atoms with van der Waals surface area (Å²) in [6, 6.07) is 3.72. The molecular formula is C13H16Br2N2O2. The lowest BCUT2D eigenvalue weighted by atomic mass is 10.2. The van der Waals surface area contributed by atoms with Crippen LogP contribution in [-0.2, 0) is 9.53 Å². The Bertz CT molecular complexity index is 478. The highest BCUT2D eigenvalue weighted by atomic mass is 79.9. The average molecular weight is 392 g/mol. The highest BCUT2D eigenvalue weighted by molar-refractivity contribution is 9.28. The summed E-state index contributed by atoms with van der Waals surface area (Å²) in [5.41, 5.74) is 0.389. The maximum atomic E-state index is 11.6. The van der Waals surface area contributed by atoms with Crippen molar-refractivity contribution in [2.75, 3.05) is 11.9 Å². The number of nitrogens with one attached hydrogen (secondary N) is 1. The first-order chi connectivity index (χ1) is 8.78. The number of hydrogen-bond donors (Lipinski definition) is 1. The van der Waals surface area contributed by atoms with E-state index in [-0.39, 0.29) is 12.5 Å². The van der Waals surface area contributed by atoms with Crippen molar-refractivity contribution < 1.29 is 9.53 Å². The van der Waals surface area contributed by atoms with Crippen molar-refractivity contribution in [1.82, 2.24) is 4.98 Å². The number of aromatic nitrogens is 1. The van der Waals surface area contributed by atoms with Crippen molar-refractivity contribution >= 4 is 49.7 Å². The van der Waals surface area contributed by atoms with Gasteiger partial charge in [-0.15, -0.1) is 0 Å². The van der Waals surface area contributed by atoms with Gasteiger partial charge in [0, 0.05) is 11.8 Å². The van der Waals surface area contributed by atoms with Crippen molar-refractivity contribution in [3.05, 3.63) is 27.3 Å². The van der Waals surface area contributed by atoms with Crippen LogP contribution in [0, 0.1) is 0 Å². The van der Waals surface area contributed by atoms with Crippen LogP contribution in [0.1, 0.15) is 26.3 Å². The third-order valence-corrected chi connectivity index (χ3v) is 2.38. The number of esters is 1. The molecule has 0 amide bonds. The monoisotopic (exact) mass is 390 g/mol. The molecule has 0 bridgehead atoms. The summed E-state index contributed by atoms with van der Waals surface area (Å²) in [6.07, 6.45) is 3.52. The van der Waals surface area contributed by atoms with Crippen LogP contribution >= 0.6 is 31.9 Å². The zero-order chi connectivity index (χ0) is 14.5. The molecule has 0 aromatic carbocycles. The number of rotatable bonds is 4. The van der Waals surface area contributed by atoms with Crippen LogP contribution in [-0.4, -0.2) is 23.1 Å². The van der Waals surface area contributed by atoms with Gasteiger partial charge in [0.05, 0.1) is 3.39 Å². The minimum atomic E-state index is -0.482. The molecule has 4 nitrogen and oxygen atoms in total. The van der Waals surface area contributed by atoms with Crippen molar-refractivity contribution in [1.29, 1.82) is 0 Å². The van der Waals surface area contributed by atoms with Crippen LogP contribution in [0.2, 0.25) is 0 Å². The molecular weight excluding hydrogens is 376 g/mol. The molecule has 1 aromatic heterocycles. The molecule has 0 spiro atoms. The summed E-state index contributed by atoms with van der Waals surface area (Å²) >= 11 is 6.59. The number of halogens is 2. The molecule has 0 radical (unpaired) electrons. The fourth-order valence-corrected chi connectivity index (χ4v) is 1.83. The molecule has 1 N–H and O–H groups in total. The number of anilines is 1. The van der Waals surface area contributed by atoms with E-state index in [4.69, 9.17) is 4.74 Å². The SMILES string of the molecule is CC(C)(C)OC(=O)CNc1ncccc1C=C(Br)Br.